The molecule has 0 saturated carbocycles. The van der Waals surface area contributed by atoms with Crippen molar-refractivity contribution in [1.29, 1.82) is 0 Å². The smallest absolute Gasteiger partial charge is 0.326 e. The van der Waals surface area contributed by atoms with Gasteiger partial charge in [-0.2, -0.15) is 0 Å². The Morgan fingerprint density at radius 2 is 1.76 bits per heavy atom. The number of fused-ring (bicyclic) bond motifs is 1. The molecule has 3 rings (SSSR count). The van der Waals surface area contributed by atoms with E-state index in [0.29, 0.717) is 17.2 Å². The zero-order valence-corrected chi connectivity index (χ0v) is 17.0. The third kappa shape index (κ3) is 4.16. The Morgan fingerprint density at radius 1 is 1.03 bits per heavy atom. The van der Waals surface area contributed by atoms with Crippen molar-refractivity contribution in [2.75, 3.05) is 38.5 Å². The normalized spacial score (nSPS) is 12.4. The van der Waals surface area contributed by atoms with E-state index in [1.54, 1.807) is 13.0 Å². The maximum absolute atomic E-state index is 13.4. The number of anilines is 1. The van der Waals surface area contributed by atoms with E-state index in [-0.39, 0.29) is 29.7 Å². The molecule has 0 unspecified atom stereocenters. The lowest BCUT2D eigenvalue weighted by molar-refractivity contribution is -0.141. The van der Waals surface area contributed by atoms with Crippen molar-refractivity contribution in [3.05, 3.63) is 36.4 Å². The summed E-state index contributed by atoms with van der Waals surface area (Å²) in [6.07, 6.45) is 0. The molecule has 0 amide bonds. The molecule has 0 bridgehead atoms. The van der Waals surface area contributed by atoms with Crippen molar-refractivity contribution in [2.24, 2.45) is 0 Å². The number of methoxy groups -OCH3 is 2. The molecule has 9 nitrogen and oxygen atoms in total. The Balaban J connectivity index is 2.06. The Bertz CT molecular complexity index is 1010. The number of sulfonamides is 1. The minimum absolute atomic E-state index is 0.0408. The number of ether oxygens (including phenoxy) is 5. The molecular formula is C19H21NO8S. The van der Waals surface area contributed by atoms with Gasteiger partial charge in [0.1, 0.15) is 6.54 Å². The molecule has 1 aliphatic rings. The van der Waals surface area contributed by atoms with Gasteiger partial charge in [0.05, 0.1) is 31.4 Å². The fraction of sp³-hybridized carbons (Fsp3) is 0.316. The van der Waals surface area contributed by atoms with Crippen LogP contribution < -0.4 is 23.3 Å². The summed E-state index contributed by atoms with van der Waals surface area (Å²) in [5.41, 5.74) is 0.233. The molecule has 2 aromatic rings. The van der Waals surface area contributed by atoms with Crippen LogP contribution in [0.1, 0.15) is 6.92 Å². The highest BCUT2D eigenvalue weighted by molar-refractivity contribution is 7.92. The number of carbonyl (C=O) groups excluding carboxylic acids is 1. The summed E-state index contributed by atoms with van der Waals surface area (Å²) in [6.45, 7) is 1.30. The first-order valence-electron chi connectivity index (χ1n) is 8.70. The first-order chi connectivity index (χ1) is 13.9. The van der Waals surface area contributed by atoms with Gasteiger partial charge in [0.25, 0.3) is 10.0 Å². The molecule has 156 valence electrons. The standard InChI is InChI=1S/C19H21NO8S/c1-4-26-19(21)11-20(13-5-7-16-18(9-13)28-12-27-16)29(22,23)14-6-8-15(24-2)17(10-14)25-3/h5-10H,4,11-12H2,1-3H3. The molecule has 0 aromatic heterocycles. The van der Waals surface area contributed by atoms with Crippen molar-refractivity contribution < 1.29 is 36.9 Å². The van der Waals surface area contributed by atoms with Crippen LogP contribution in [0, 0.1) is 0 Å². The van der Waals surface area contributed by atoms with E-state index in [0.717, 1.165) is 4.31 Å². The minimum atomic E-state index is -4.14. The second-order valence-corrected chi connectivity index (χ2v) is 7.73. The fourth-order valence-corrected chi connectivity index (χ4v) is 4.20. The molecule has 29 heavy (non-hydrogen) atoms. The predicted octanol–water partition coefficient (Wildman–Crippen LogP) is 2.19. The van der Waals surface area contributed by atoms with Crippen LogP contribution in [0.3, 0.4) is 0 Å². The quantitative estimate of drug-likeness (QED) is 0.596. The fourth-order valence-electron chi connectivity index (χ4n) is 2.78. The third-order valence-corrected chi connectivity index (χ3v) is 5.94. The number of rotatable bonds is 8. The molecule has 2 aromatic carbocycles. The first-order valence-corrected chi connectivity index (χ1v) is 10.1. The first kappa shape index (κ1) is 20.6. The SMILES string of the molecule is CCOC(=O)CN(c1ccc2c(c1)OCO2)S(=O)(=O)c1ccc(OC)c(OC)c1. The zero-order chi connectivity index (χ0) is 21.0. The van der Waals surface area contributed by atoms with Gasteiger partial charge in [0.15, 0.2) is 23.0 Å². The topological polar surface area (TPSA) is 101 Å². The van der Waals surface area contributed by atoms with E-state index in [4.69, 9.17) is 23.7 Å². The van der Waals surface area contributed by atoms with Gasteiger partial charge in [0, 0.05) is 12.1 Å². The van der Waals surface area contributed by atoms with Crippen molar-refractivity contribution >= 4 is 21.7 Å². The minimum Gasteiger partial charge on any atom is -0.493 e. The summed E-state index contributed by atoms with van der Waals surface area (Å²) in [4.78, 5) is 12.1. The lowest BCUT2D eigenvalue weighted by Crippen LogP contribution is -2.36. The summed E-state index contributed by atoms with van der Waals surface area (Å²) in [7, 11) is -1.29. The Labute approximate surface area is 168 Å². The molecule has 10 heteroatoms. The average molecular weight is 423 g/mol. The Morgan fingerprint density at radius 3 is 2.45 bits per heavy atom. The Kier molecular flexibility index (Phi) is 6.02. The van der Waals surface area contributed by atoms with Gasteiger partial charge in [-0.05, 0) is 31.2 Å². The largest absolute Gasteiger partial charge is 0.493 e. The van der Waals surface area contributed by atoms with Gasteiger partial charge in [-0.15, -0.1) is 0 Å². The highest BCUT2D eigenvalue weighted by Gasteiger charge is 2.30. The molecule has 0 N–H and O–H groups in total. The van der Waals surface area contributed by atoms with Crippen LogP contribution in [0.5, 0.6) is 23.0 Å². The van der Waals surface area contributed by atoms with Crippen molar-refractivity contribution in [1.82, 2.24) is 0 Å². The van der Waals surface area contributed by atoms with Crippen LogP contribution in [-0.4, -0.2) is 48.6 Å². The van der Waals surface area contributed by atoms with Gasteiger partial charge in [0.2, 0.25) is 6.79 Å². The average Bonchev–Trinajstić information content (AvgIpc) is 3.19. The van der Waals surface area contributed by atoms with E-state index in [9.17, 15) is 13.2 Å². The maximum Gasteiger partial charge on any atom is 0.326 e. The number of carbonyl (C=O) groups is 1. The van der Waals surface area contributed by atoms with Crippen molar-refractivity contribution in [2.45, 2.75) is 11.8 Å². The van der Waals surface area contributed by atoms with Crippen LogP contribution in [0.25, 0.3) is 0 Å². The molecule has 1 aliphatic heterocycles. The summed E-state index contributed by atoms with van der Waals surface area (Å²) in [6, 6.07) is 8.81. The molecule has 0 radical (unpaired) electrons. The lowest BCUT2D eigenvalue weighted by Gasteiger charge is -2.24. The van der Waals surface area contributed by atoms with Crippen LogP contribution >= 0.6 is 0 Å². The molecule has 0 saturated heterocycles. The number of hydrogen-bond donors (Lipinski definition) is 0. The maximum atomic E-state index is 13.4. The van der Waals surface area contributed by atoms with Crippen LogP contribution in [0.4, 0.5) is 5.69 Å². The van der Waals surface area contributed by atoms with E-state index >= 15 is 0 Å². The molecule has 1 heterocycles. The number of nitrogens with zero attached hydrogens (tertiary/aromatic N) is 1. The summed E-state index contributed by atoms with van der Waals surface area (Å²) in [5, 5.41) is 0. The monoisotopic (exact) mass is 423 g/mol. The number of esters is 1. The van der Waals surface area contributed by atoms with Gasteiger partial charge in [-0.25, -0.2) is 8.42 Å². The van der Waals surface area contributed by atoms with E-state index in [1.807, 2.05) is 0 Å². The van der Waals surface area contributed by atoms with Crippen LogP contribution in [-0.2, 0) is 19.6 Å². The second kappa shape index (κ2) is 8.48. The van der Waals surface area contributed by atoms with Crippen LogP contribution in [0.15, 0.2) is 41.3 Å². The number of hydrogen-bond acceptors (Lipinski definition) is 8. The van der Waals surface area contributed by atoms with Crippen LogP contribution in [0.2, 0.25) is 0 Å². The second-order valence-electron chi connectivity index (χ2n) is 5.87. The predicted molar refractivity (Wildman–Crippen MR) is 103 cm³/mol. The van der Waals surface area contributed by atoms with E-state index in [2.05, 4.69) is 0 Å². The zero-order valence-electron chi connectivity index (χ0n) is 16.2. The van der Waals surface area contributed by atoms with Gasteiger partial charge >= 0.3 is 5.97 Å². The van der Waals surface area contributed by atoms with Gasteiger partial charge in [-0.1, -0.05) is 0 Å². The molecule has 0 atom stereocenters. The molecule has 0 fully saturated rings. The third-order valence-electron chi connectivity index (χ3n) is 4.17. The highest BCUT2D eigenvalue weighted by Crippen LogP contribution is 2.38. The van der Waals surface area contributed by atoms with E-state index < -0.39 is 22.5 Å². The molecule has 0 aliphatic carbocycles. The van der Waals surface area contributed by atoms with E-state index in [1.165, 1.54) is 44.6 Å². The van der Waals surface area contributed by atoms with Crippen molar-refractivity contribution in [3.8, 4) is 23.0 Å². The highest BCUT2D eigenvalue weighted by atomic mass is 32.2. The van der Waals surface area contributed by atoms with Gasteiger partial charge < -0.3 is 23.7 Å². The summed E-state index contributed by atoms with van der Waals surface area (Å²) >= 11 is 0. The summed E-state index contributed by atoms with van der Waals surface area (Å²) in [5.74, 6) is 0.822. The molecule has 0 spiro atoms. The summed E-state index contributed by atoms with van der Waals surface area (Å²) < 4.78 is 53.6. The number of benzene rings is 2. The molecular weight excluding hydrogens is 402 g/mol. The lowest BCUT2D eigenvalue weighted by atomic mass is 10.3. The Hall–Kier alpha value is -3.14. The van der Waals surface area contributed by atoms with Crippen molar-refractivity contribution in [3.63, 3.8) is 0 Å². The van der Waals surface area contributed by atoms with Gasteiger partial charge in [-0.3, -0.25) is 9.10 Å².